The number of furan rings is 1. The van der Waals surface area contributed by atoms with Crippen LogP contribution >= 0.6 is 0 Å². The van der Waals surface area contributed by atoms with E-state index in [4.69, 9.17) is 13.9 Å². The van der Waals surface area contributed by atoms with Gasteiger partial charge in [0.15, 0.2) is 0 Å². The second kappa shape index (κ2) is 10.8. The number of aliphatic hydroxyl groups is 1. The zero-order valence-corrected chi connectivity index (χ0v) is 14.4. The molecule has 0 aliphatic carbocycles. The Hall–Kier alpha value is -0.880. The van der Waals surface area contributed by atoms with Crippen molar-refractivity contribution in [2.75, 3.05) is 40.0 Å². The van der Waals surface area contributed by atoms with Gasteiger partial charge in [-0.15, -0.1) is 0 Å². The molecule has 5 nitrogen and oxygen atoms in total. The number of aliphatic hydroxyl groups excluding tert-OH is 1. The van der Waals surface area contributed by atoms with Crippen LogP contribution in [0.4, 0.5) is 0 Å². The summed E-state index contributed by atoms with van der Waals surface area (Å²) in [4.78, 5) is 2.18. The normalized spacial score (nSPS) is 13.2. The van der Waals surface area contributed by atoms with Crippen molar-refractivity contribution in [1.29, 1.82) is 0 Å². The first-order valence-electron chi connectivity index (χ1n) is 8.03. The fraction of sp³-hybridized carbons (Fsp3) is 0.765. The monoisotopic (exact) mass is 313 g/mol. The fourth-order valence-electron chi connectivity index (χ4n) is 2.25. The first-order chi connectivity index (χ1) is 10.5. The Morgan fingerprint density at radius 3 is 2.64 bits per heavy atom. The number of methoxy groups -OCH3 is 1. The van der Waals surface area contributed by atoms with Crippen LogP contribution in [0, 0.1) is 12.8 Å². The second-order valence-corrected chi connectivity index (χ2v) is 6.18. The molecule has 0 aliphatic rings. The minimum atomic E-state index is -0.489. The Morgan fingerprint density at radius 1 is 1.27 bits per heavy atom. The maximum atomic E-state index is 10.1. The van der Waals surface area contributed by atoms with Crippen molar-refractivity contribution in [3.05, 3.63) is 23.7 Å². The van der Waals surface area contributed by atoms with E-state index in [-0.39, 0.29) is 0 Å². The lowest BCUT2D eigenvalue weighted by atomic mass is 10.2. The van der Waals surface area contributed by atoms with E-state index < -0.39 is 6.10 Å². The predicted molar refractivity (Wildman–Crippen MR) is 86.9 cm³/mol. The first-order valence-corrected chi connectivity index (χ1v) is 8.03. The SMILES string of the molecule is COCCCN(Cc1ccc(C)o1)C[C@H](O)COCC(C)C. The van der Waals surface area contributed by atoms with Crippen molar-refractivity contribution in [3.63, 3.8) is 0 Å². The maximum absolute atomic E-state index is 10.1. The van der Waals surface area contributed by atoms with Crippen LogP contribution in [0.25, 0.3) is 0 Å². The van der Waals surface area contributed by atoms with Crippen molar-refractivity contribution in [1.82, 2.24) is 4.90 Å². The topological polar surface area (TPSA) is 55.1 Å². The molecular formula is C17H31NO4. The van der Waals surface area contributed by atoms with Crippen molar-refractivity contribution >= 4 is 0 Å². The Kier molecular flexibility index (Phi) is 9.39. The molecule has 0 saturated heterocycles. The summed E-state index contributed by atoms with van der Waals surface area (Å²) in [5, 5.41) is 10.1. The van der Waals surface area contributed by atoms with Gasteiger partial charge in [0.1, 0.15) is 11.5 Å². The summed E-state index contributed by atoms with van der Waals surface area (Å²) in [5.74, 6) is 2.31. The van der Waals surface area contributed by atoms with Gasteiger partial charge in [-0.25, -0.2) is 0 Å². The Morgan fingerprint density at radius 2 is 2.05 bits per heavy atom. The van der Waals surface area contributed by atoms with Crippen LogP contribution in [-0.2, 0) is 16.0 Å². The summed E-state index contributed by atoms with van der Waals surface area (Å²) in [7, 11) is 1.70. The van der Waals surface area contributed by atoms with Gasteiger partial charge in [-0.3, -0.25) is 4.90 Å². The zero-order chi connectivity index (χ0) is 16.4. The van der Waals surface area contributed by atoms with Crippen molar-refractivity contribution < 1.29 is 19.0 Å². The van der Waals surface area contributed by atoms with Gasteiger partial charge in [-0.1, -0.05) is 13.8 Å². The average Bonchev–Trinajstić information content (AvgIpc) is 2.83. The van der Waals surface area contributed by atoms with Crippen LogP contribution in [0.3, 0.4) is 0 Å². The highest BCUT2D eigenvalue weighted by Crippen LogP contribution is 2.11. The van der Waals surface area contributed by atoms with Gasteiger partial charge in [-0.2, -0.15) is 0 Å². The Labute approximate surface area is 134 Å². The van der Waals surface area contributed by atoms with Crippen molar-refractivity contribution in [2.45, 2.75) is 39.8 Å². The largest absolute Gasteiger partial charge is 0.465 e. The minimum absolute atomic E-state index is 0.371. The number of hydrogen-bond donors (Lipinski definition) is 1. The summed E-state index contributed by atoms with van der Waals surface area (Å²) in [6, 6.07) is 3.95. The van der Waals surface area contributed by atoms with Crippen LogP contribution in [0.5, 0.6) is 0 Å². The summed E-state index contributed by atoms with van der Waals surface area (Å²) in [5.41, 5.74) is 0. The molecule has 5 heteroatoms. The standard InChI is InChI=1S/C17H31NO4/c1-14(2)12-21-13-16(19)10-18(8-5-9-20-4)11-17-7-6-15(3)22-17/h6-7,14,16,19H,5,8-13H2,1-4H3/t16-/m0/s1. The van der Waals surface area contributed by atoms with E-state index in [1.807, 2.05) is 19.1 Å². The number of rotatable bonds is 12. The quantitative estimate of drug-likeness (QED) is 0.601. The second-order valence-electron chi connectivity index (χ2n) is 6.18. The molecule has 22 heavy (non-hydrogen) atoms. The van der Waals surface area contributed by atoms with Crippen molar-refractivity contribution in [2.24, 2.45) is 5.92 Å². The minimum Gasteiger partial charge on any atom is -0.465 e. The molecule has 1 N–H and O–H groups in total. The van der Waals surface area contributed by atoms with Gasteiger partial charge in [0.2, 0.25) is 0 Å². The van der Waals surface area contributed by atoms with Crippen LogP contribution < -0.4 is 0 Å². The Balaban J connectivity index is 2.42. The molecule has 0 aliphatic heterocycles. The van der Waals surface area contributed by atoms with Gasteiger partial charge >= 0.3 is 0 Å². The van der Waals surface area contributed by atoms with E-state index in [1.54, 1.807) is 7.11 Å². The first kappa shape index (κ1) is 19.2. The third-order valence-corrected chi connectivity index (χ3v) is 3.23. The molecule has 1 heterocycles. The maximum Gasteiger partial charge on any atom is 0.118 e. The molecule has 1 atom stereocenters. The summed E-state index contributed by atoms with van der Waals surface area (Å²) >= 11 is 0. The van der Waals surface area contributed by atoms with Gasteiger partial charge in [0.05, 0.1) is 19.3 Å². The van der Waals surface area contributed by atoms with Crippen molar-refractivity contribution in [3.8, 4) is 0 Å². The molecule has 0 aromatic carbocycles. The van der Waals surface area contributed by atoms with E-state index >= 15 is 0 Å². The molecular weight excluding hydrogens is 282 g/mol. The smallest absolute Gasteiger partial charge is 0.118 e. The molecule has 0 fully saturated rings. The van der Waals surface area contributed by atoms with Crippen LogP contribution in [0.15, 0.2) is 16.5 Å². The molecule has 1 aromatic heterocycles. The molecule has 0 saturated carbocycles. The molecule has 0 radical (unpaired) electrons. The van der Waals surface area contributed by atoms with E-state index in [9.17, 15) is 5.11 Å². The number of nitrogens with zero attached hydrogens (tertiary/aromatic N) is 1. The molecule has 0 unspecified atom stereocenters. The highest BCUT2D eigenvalue weighted by atomic mass is 16.5. The Bertz CT molecular complexity index is 392. The molecule has 0 amide bonds. The summed E-state index contributed by atoms with van der Waals surface area (Å²) < 4.78 is 16.2. The van der Waals surface area contributed by atoms with E-state index in [1.165, 1.54) is 0 Å². The third-order valence-electron chi connectivity index (χ3n) is 3.23. The molecule has 0 spiro atoms. The lowest BCUT2D eigenvalue weighted by Crippen LogP contribution is -2.35. The lowest BCUT2D eigenvalue weighted by molar-refractivity contribution is 0.00486. The zero-order valence-electron chi connectivity index (χ0n) is 14.4. The molecule has 1 aromatic rings. The van der Waals surface area contributed by atoms with Gasteiger partial charge in [0, 0.05) is 33.4 Å². The summed E-state index contributed by atoms with van der Waals surface area (Å²) in [6.07, 6.45) is 0.438. The van der Waals surface area contributed by atoms with Gasteiger partial charge in [-0.05, 0) is 31.4 Å². The summed E-state index contributed by atoms with van der Waals surface area (Å²) in [6.45, 7) is 10.0. The molecule has 128 valence electrons. The predicted octanol–water partition coefficient (Wildman–Crippen LogP) is 2.46. The number of aryl methyl sites for hydroxylation is 1. The number of hydrogen-bond acceptors (Lipinski definition) is 5. The third kappa shape index (κ3) is 8.54. The van der Waals surface area contributed by atoms with E-state index in [2.05, 4.69) is 18.7 Å². The van der Waals surface area contributed by atoms with E-state index in [0.29, 0.717) is 38.8 Å². The van der Waals surface area contributed by atoms with Crippen LogP contribution in [0.1, 0.15) is 31.8 Å². The van der Waals surface area contributed by atoms with Crippen LogP contribution in [0.2, 0.25) is 0 Å². The van der Waals surface area contributed by atoms with E-state index in [0.717, 1.165) is 24.5 Å². The lowest BCUT2D eigenvalue weighted by Gasteiger charge is -2.24. The average molecular weight is 313 g/mol. The highest BCUT2D eigenvalue weighted by molar-refractivity contribution is 5.05. The van der Waals surface area contributed by atoms with Gasteiger partial charge in [0.25, 0.3) is 0 Å². The number of ether oxygens (including phenoxy) is 2. The fourth-order valence-corrected chi connectivity index (χ4v) is 2.25. The van der Waals surface area contributed by atoms with Gasteiger partial charge < -0.3 is 19.0 Å². The highest BCUT2D eigenvalue weighted by Gasteiger charge is 2.14. The van der Waals surface area contributed by atoms with Crippen LogP contribution in [-0.4, -0.2) is 56.1 Å². The molecule has 0 bridgehead atoms. The molecule has 1 rings (SSSR count).